The summed E-state index contributed by atoms with van der Waals surface area (Å²) in [6.07, 6.45) is 6.30. The van der Waals surface area contributed by atoms with Crippen molar-refractivity contribution in [2.45, 2.75) is 43.5 Å². The fourth-order valence-corrected chi connectivity index (χ4v) is 4.78. The maximum absolute atomic E-state index is 12.2. The van der Waals surface area contributed by atoms with E-state index in [0.29, 0.717) is 16.6 Å². The lowest BCUT2D eigenvalue weighted by molar-refractivity contribution is 0.457. The molecule has 108 valence electrons. The monoisotopic (exact) mass is 311 g/mol. The lowest BCUT2D eigenvalue weighted by Crippen LogP contribution is -2.13. The van der Waals surface area contributed by atoms with Crippen molar-refractivity contribution in [3.63, 3.8) is 0 Å². The van der Waals surface area contributed by atoms with E-state index in [1.807, 2.05) is 11.6 Å². The van der Waals surface area contributed by atoms with Crippen LogP contribution in [0.1, 0.15) is 37.4 Å². The minimum atomic E-state index is -3.50. The second kappa shape index (κ2) is 5.21. The van der Waals surface area contributed by atoms with Crippen LogP contribution in [0.2, 0.25) is 0 Å². The van der Waals surface area contributed by atoms with Crippen LogP contribution in [-0.4, -0.2) is 18.2 Å². The third kappa shape index (κ3) is 2.47. The normalized spacial score (nSPS) is 16.6. The Morgan fingerprint density at radius 2 is 2.15 bits per heavy atom. The second-order valence-electron chi connectivity index (χ2n) is 5.09. The average molecular weight is 311 g/mol. The van der Waals surface area contributed by atoms with E-state index >= 15 is 0 Å². The lowest BCUT2D eigenvalue weighted by atomic mass is 10.2. The molecule has 1 N–H and O–H groups in total. The third-order valence-corrected chi connectivity index (χ3v) is 5.96. The number of anilines is 1. The molecule has 0 atom stereocenters. The largest absolute Gasteiger partial charge is 0.276 e. The number of aromatic nitrogens is 2. The van der Waals surface area contributed by atoms with Gasteiger partial charge in [0.25, 0.3) is 10.0 Å². The summed E-state index contributed by atoms with van der Waals surface area (Å²) < 4.78 is 29.0. The smallest absolute Gasteiger partial charge is 0.262 e. The molecule has 3 rings (SSSR count). The minimum Gasteiger partial charge on any atom is -0.276 e. The first-order valence-corrected chi connectivity index (χ1v) is 9.09. The molecule has 0 saturated heterocycles. The van der Waals surface area contributed by atoms with Crippen molar-refractivity contribution in [3.05, 3.63) is 28.7 Å². The predicted octanol–water partition coefficient (Wildman–Crippen LogP) is 3.17. The molecule has 2 aromatic heterocycles. The van der Waals surface area contributed by atoms with Gasteiger partial charge in [-0.1, -0.05) is 12.8 Å². The molecule has 0 spiro atoms. The van der Waals surface area contributed by atoms with Crippen LogP contribution in [0.15, 0.2) is 27.9 Å². The van der Waals surface area contributed by atoms with Gasteiger partial charge in [0.15, 0.2) is 0 Å². The molecule has 0 aromatic carbocycles. The number of nitrogens with zero attached hydrogens (tertiary/aromatic N) is 2. The quantitative estimate of drug-likeness (QED) is 0.943. The maximum atomic E-state index is 12.2. The second-order valence-corrected chi connectivity index (χ2v) is 7.55. The zero-order valence-corrected chi connectivity index (χ0v) is 12.9. The number of rotatable bonds is 4. The number of thiophene rings is 1. The first-order valence-electron chi connectivity index (χ1n) is 6.67. The fourth-order valence-electron chi connectivity index (χ4n) is 2.65. The first kappa shape index (κ1) is 13.6. The summed E-state index contributed by atoms with van der Waals surface area (Å²) in [5.74, 6) is 0. The summed E-state index contributed by atoms with van der Waals surface area (Å²) in [5.41, 5.74) is 1.46. The molecular weight excluding hydrogens is 294 g/mol. The topological polar surface area (TPSA) is 64.0 Å². The van der Waals surface area contributed by atoms with Crippen LogP contribution in [0.4, 0.5) is 5.69 Å². The average Bonchev–Trinajstić information content (AvgIpc) is 3.11. The van der Waals surface area contributed by atoms with Crippen molar-refractivity contribution < 1.29 is 8.42 Å². The minimum absolute atomic E-state index is 0.301. The van der Waals surface area contributed by atoms with E-state index in [2.05, 4.69) is 9.82 Å². The van der Waals surface area contributed by atoms with Gasteiger partial charge in [-0.15, -0.1) is 0 Å². The van der Waals surface area contributed by atoms with Crippen molar-refractivity contribution in [2.75, 3.05) is 4.72 Å². The van der Waals surface area contributed by atoms with E-state index in [0.717, 1.165) is 18.5 Å². The Kier molecular flexibility index (Phi) is 3.55. The molecule has 0 aliphatic heterocycles. The van der Waals surface area contributed by atoms with E-state index in [1.165, 1.54) is 24.2 Å². The third-order valence-electron chi connectivity index (χ3n) is 3.76. The Balaban J connectivity index is 1.85. The molecule has 2 heterocycles. The van der Waals surface area contributed by atoms with Gasteiger partial charge in [-0.05, 0) is 31.2 Å². The summed E-state index contributed by atoms with van der Waals surface area (Å²) >= 11 is 1.37. The molecule has 0 bridgehead atoms. The van der Waals surface area contributed by atoms with E-state index in [9.17, 15) is 8.42 Å². The maximum Gasteiger partial charge on any atom is 0.262 e. The van der Waals surface area contributed by atoms with Gasteiger partial charge in [0, 0.05) is 5.38 Å². The molecular formula is C13H17N3O2S2. The highest BCUT2D eigenvalue weighted by Gasteiger charge is 2.22. The highest BCUT2D eigenvalue weighted by molar-refractivity contribution is 7.92. The van der Waals surface area contributed by atoms with Crippen molar-refractivity contribution in [2.24, 2.45) is 0 Å². The molecule has 0 amide bonds. The van der Waals surface area contributed by atoms with Gasteiger partial charge in [0.1, 0.15) is 0 Å². The van der Waals surface area contributed by atoms with Gasteiger partial charge in [-0.25, -0.2) is 8.42 Å². The summed E-state index contributed by atoms with van der Waals surface area (Å²) in [6, 6.07) is 2.01. The number of hydrogen-bond donors (Lipinski definition) is 1. The predicted molar refractivity (Wildman–Crippen MR) is 79.6 cm³/mol. The highest BCUT2D eigenvalue weighted by Crippen LogP contribution is 2.32. The summed E-state index contributed by atoms with van der Waals surface area (Å²) in [5, 5.41) is 7.73. The van der Waals surface area contributed by atoms with E-state index in [-0.39, 0.29) is 0 Å². The van der Waals surface area contributed by atoms with Crippen molar-refractivity contribution >= 4 is 27.0 Å². The van der Waals surface area contributed by atoms with Gasteiger partial charge < -0.3 is 0 Å². The number of nitrogens with one attached hydrogen (secondary N) is 1. The van der Waals surface area contributed by atoms with Crippen molar-refractivity contribution in [3.8, 4) is 0 Å². The zero-order valence-electron chi connectivity index (χ0n) is 11.2. The van der Waals surface area contributed by atoms with Crippen LogP contribution in [0, 0.1) is 6.92 Å². The Bertz CT molecular complexity index is 683. The molecule has 7 heteroatoms. The van der Waals surface area contributed by atoms with E-state index in [1.54, 1.807) is 23.0 Å². The molecule has 5 nitrogen and oxygen atoms in total. The Hall–Kier alpha value is -1.34. The Labute approximate surface area is 122 Å². The van der Waals surface area contributed by atoms with Crippen LogP contribution >= 0.6 is 11.3 Å². The molecule has 1 aliphatic carbocycles. The van der Waals surface area contributed by atoms with Gasteiger partial charge in [-0.3, -0.25) is 9.40 Å². The molecule has 20 heavy (non-hydrogen) atoms. The molecule has 1 aliphatic rings. The molecule has 2 aromatic rings. The molecule has 0 unspecified atom stereocenters. The number of hydrogen-bond acceptors (Lipinski definition) is 4. The van der Waals surface area contributed by atoms with Crippen LogP contribution in [0.5, 0.6) is 0 Å². The molecule has 1 saturated carbocycles. The lowest BCUT2D eigenvalue weighted by Gasteiger charge is -2.13. The highest BCUT2D eigenvalue weighted by atomic mass is 32.2. The van der Waals surface area contributed by atoms with Crippen LogP contribution in [-0.2, 0) is 10.0 Å². The van der Waals surface area contributed by atoms with Crippen LogP contribution in [0.25, 0.3) is 0 Å². The summed E-state index contributed by atoms with van der Waals surface area (Å²) in [4.78, 5) is 0.301. The van der Waals surface area contributed by atoms with Crippen LogP contribution < -0.4 is 4.72 Å². The standard InChI is InChI=1S/C13H17N3O2S2/c1-10-13(8-14-16(10)11-4-2-3-5-11)15-20(17,18)12-6-7-19-9-12/h6-9,11,15H,2-5H2,1H3. The van der Waals surface area contributed by atoms with Crippen LogP contribution in [0.3, 0.4) is 0 Å². The fraction of sp³-hybridized carbons (Fsp3) is 0.462. The Morgan fingerprint density at radius 3 is 2.80 bits per heavy atom. The van der Waals surface area contributed by atoms with Crippen molar-refractivity contribution in [1.82, 2.24) is 9.78 Å². The molecule has 0 radical (unpaired) electrons. The SMILES string of the molecule is Cc1c(NS(=O)(=O)c2ccsc2)cnn1C1CCCC1. The zero-order chi connectivity index (χ0) is 14.2. The van der Waals surface area contributed by atoms with Gasteiger partial charge in [-0.2, -0.15) is 16.4 Å². The summed E-state index contributed by atoms with van der Waals surface area (Å²) in [7, 11) is -3.50. The first-order chi connectivity index (χ1) is 9.58. The van der Waals surface area contributed by atoms with E-state index in [4.69, 9.17) is 0 Å². The number of sulfonamides is 1. The molecule has 1 fully saturated rings. The van der Waals surface area contributed by atoms with Gasteiger partial charge >= 0.3 is 0 Å². The summed E-state index contributed by atoms with van der Waals surface area (Å²) in [6.45, 7) is 1.91. The van der Waals surface area contributed by atoms with Gasteiger partial charge in [0.05, 0.1) is 28.5 Å². The van der Waals surface area contributed by atoms with Crippen molar-refractivity contribution in [1.29, 1.82) is 0 Å². The van der Waals surface area contributed by atoms with Gasteiger partial charge in [0.2, 0.25) is 0 Å². The Morgan fingerprint density at radius 1 is 1.40 bits per heavy atom. The van der Waals surface area contributed by atoms with E-state index < -0.39 is 10.0 Å².